The van der Waals surface area contributed by atoms with Crippen LogP contribution in [0, 0.1) is 5.41 Å². The van der Waals surface area contributed by atoms with Crippen LogP contribution in [0.1, 0.15) is 26.7 Å². The summed E-state index contributed by atoms with van der Waals surface area (Å²) >= 11 is 2.10. The Morgan fingerprint density at radius 1 is 1.40 bits per heavy atom. The monoisotopic (exact) mass is 230 g/mol. The third kappa shape index (κ3) is 4.75. The van der Waals surface area contributed by atoms with Crippen molar-refractivity contribution in [3.05, 3.63) is 0 Å². The fraction of sp³-hybridized carbons (Fsp3) is 1.00. The minimum Gasteiger partial charge on any atom is -0.313 e. The van der Waals surface area contributed by atoms with Crippen LogP contribution in [0.25, 0.3) is 0 Å². The van der Waals surface area contributed by atoms with E-state index in [9.17, 15) is 0 Å². The Balaban J connectivity index is 2.19. The highest BCUT2D eigenvalue weighted by molar-refractivity contribution is 7.99. The summed E-state index contributed by atoms with van der Waals surface area (Å²) in [5.41, 5.74) is 0.489. The molecule has 0 saturated carbocycles. The molecule has 0 spiro atoms. The zero-order valence-electron chi connectivity index (χ0n) is 10.7. The zero-order valence-corrected chi connectivity index (χ0v) is 11.5. The second-order valence-electron chi connectivity index (χ2n) is 5.48. The highest BCUT2D eigenvalue weighted by Gasteiger charge is 2.31. The van der Waals surface area contributed by atoms with E-state index in [4.69, 9.17) is 0 Å². The maximum absolute atomic E-state index is 3.72. The molecule has 1 heterocycles. The van der Waals surface area contributed by atoms with Gasteiger partial charge in [0.05, 0.1) is 0 Å². The quantitative estimate of drug-likeness (QED) is 0.728. The van der Waals surface area contributed by atoms with Gasteiger partial charge in [0.15, 0.2) is 0 Å². The van der Waals surface area contributed by atoms with E-state index in [1.165, 1.54) is 30.9 Å². The molecular formula is C12H26N2S. The summed E-state index contributed by atoms with van der Waals surface area (Å²) < 4.78 is 0. The van der Waals surface area contributed by atoms with Gasteiger partial charge in [-0.15, -0.1) is 0 Å². The number of rotatable bonds is 5. The predicted octanol–water partition coefficient (Wildman–Crippen LogP) is 2.06. The molecule has 1 N–H and O–H groups in total. The van der Waals surface area contributed by atoms with Crippen molar-refractivity contribution in [1.82, 2.24) is 10.2 Å². The van der Waals surface area contributed by atoms with Gasteiger partial charge in [-0.25, -0.2) is 0 Å². The lowest BCUT2D eigenvalue weighted by Crippen LogP contribution is -2.47. The molecule has 0 bridgehead atoms. The van der Waals surface area contributed by atoms with Crippen molar-refractivity contribution in [1.29, 1.82) is 0 Å². The van der Waals surface area contributed by atoms with Crippen LogP contribution in [0.4, 0.5) is 0 Å². The lowest BCUT2D eigenvalue weighted by atomic mass is 9.82. The minimum atomic E-state index is 0.489. The molecule has 0 amide bonds. The summed E-state index contributed by atoms with van der Waals surface area (Å²) in [6, 6.07) is 0.707. The van der Waals surface area contributed by atoms with Gasteiger partial charge < -0.3 is 10.2 Å². The molecule has 0 aromatic carbocycles. The Hall–Kier alpha value is 0.270. The molecule has 1 fully saturated rings. The van der Waals surface area contributed by atoms with Gasteiger partial charge in [-0.1, -0.05) is 13.8 Å². The van der Waals surface area contributed by atoms with Crippen molar-refractivity contribution < 1.29 is 0 Å². The molecule has 3 heteroatoms. The zero-order chi connectivity index (χ0) is 11.3. The van der Waals surface area contributed by atoms with Crippen LogP contribution < -0.4 is 5.32 Å². The summed E-state index contributed by atoms with van der Waals surface area (Å²) in [6.45, 7) is 7.15. The maximum Gasteiger partial charge on any atom is 0.0209 e. The molecule has 1 saturated heterocycles. The third-order valence-corrected chi connectivity index (χ3v) is 4.35. The third-order valence-electron chi connectivity index (χ3n) is 3.29. The van der Waals surface area contributed by atoms with Gasteiger partial charge in [0.25, 0.3) is 0 Å². The maximum atomic E-state index is 3.72. The fourth-order valence-corrected chi connectivity index (χ4v) is 3.58. The van der Waals surface area contributed by atoms with E-state index >= 15 is 0 Å². The first-order chi connectivity index (χ1) is 7.02. The molecule has 1 unspecified atom stereocenters. The van der Waals surface area contributed by atoms with Gasteiger partial charge >= 0.3 is 0 Å². The van der Waals surface area contributed by atoms with Gasteiger partial charge in [-0.2, -0.15) is 11.8 Å². The van der Waals surface area contributed by atoms with Gasteiger partial charge in [0, 0.05) is 11.8 Å². The second kappa shape index (κ2) is 6.12. The van der Waals surface area contributed by atoms with E-state index in [0.29, 0.717) is 11.5 Å². The van der Waals surface area contributed by atoms with Crippen LogP contribution in [0.3, 0.4) is 0 Å². The van der Waals surface area contributed by atoms with Crippen LogP contribution in [0.2, 0.25) is 0 Å². The lowest BCUT2D eigenvalue weighted by Gasteiger charge is -2.39. The van der Waals surface area contributed by atoms with E-state index in [0.717, 1.165) is 6.54 Å². The molecule has 0 aliphatic carbocycles. The standard InChI is InChI=1S/C12H26N2S/c1-12(2)6-9-15-10-11(12)13-7-5-8-14(3)4/h11,13H,5-10H2,1-4H3. The number of nitrogens with one attached hydrogen (secondary N) is 1. The van der Waals surface area contributed by atoms with Crippen molar-refractivity contribution >= 4 is 11.8 Å². The molecule has 0 aromatic rings. The van der Waals surface area contributed by atoms with E-state index in [-0.39, 0.29) is 0 Å². The number of nitrogens with zero attached hydrogens (tertiary/aromatic N) is 1. The first-order valence-corrected chi connectivity index (χ1v) is 7.14. The van der Waals surface area contributed by atoms with Gasteiger partial charge in [0.2, 0.25) is 0 Å². The molecule has 0 radical (unpaired) electrons. The average Bonchev–Trinajstić information content (AvgIpc) is 2.13. The van der Waals surface area contributed by atoms with Crippen molar-refractivity contribution in [2.24, 2.45) is 5.41 Å². The minimum absolute atomic E-state index is 0.489. The first kappa shape index (κ1) is 13.3. The predicted molar refractivity (Wildman–Crippen MR) is 70.7 cm³/mol. The Kier molecular flexibility index (Phi) is 5.44. The van der Waals surface area contributed by atoms with Gasteiger partial charge in [-0.05, 0) is 51.2 Å². The molecule has 1 aliphatic rings. The Morgan fingerprint density at radius 2 is 2.13 bits per heavy atom. The molecular weight excluding hydrogens is 204 g/mol. The van der Waals surface area contributed by atoms with E-state index in [1.807, 2.05) is 0 Å². The van der Waals surface area contributed by atoms with E-state index < -0.39 is 0 Å². The highest BCUT2D eigenvalue weighted by Crippen LogP contribution is 2.33. The molecule has 1 atom stereocenters. The van der Waals surface area contributed by atoms with Crippen LogP contribution in [0.15, 0.2) is 0 Å². The molecule has 1 aliphatic heterocycles. The average molecular weight is 230 g/mol. The Morgan fingerprint density at radius 3 is 2.73 bits per heavy atom. The van der Waals surface area contributed by atoms with E-state index in [2.05, 4.69) is 49.9 Å². The second-order valence-corrected chi connectivity index (χ2v) is 6.63. The molecule has 1 rings (SSSR count). The van der Waals surface area contributed by atoms with Crippen LogP contribution in [-0.2, 0) is 0 Å². The van der Waals surface area contributed by atoms with E-state index in [1.54, 1.807) is 0 Å². The summed E-state index contributed by atoms with van der Waals surface area (Å²) in [5, 5.41) is 3.72. The summed E-state index contributed by atoms with van der Waals surface area (Å²) in [7, 11) is 4.28. The molecule has 90 valence electrons. The largest absolute Gasteiger partial charge is 0.313 e. The smallest absolute Gasteiger partial charge is 0.0209 e. The van der Waals surface area contributed by atoms with Crippen LogP contribution in [-0.4, -0.2) is 49.6 Å². The van der Waals surface area contributed by atoms with Crippen LogP contribution in [0.5, 0.6) is 0 Å². The fourth-order valence-electron chi connectivity index (χ4n) is 1.94. The molecule has 0 aromatic heterocycles. The van der Waals surface area contributed by atoms with Gasteiger partial charge in [-0.3, -0.25) is 0 Å². The first-order valence-electron chi connectivity index (χ1n) is 5.98. The highest BCUT2D eigenvalue weighted by atomic mass is 32.2. The molecule has 2 nitrogen and oxygen atoms in total. The summed E-state index contributed by atoms with van der Waals surface area (Å²) in [4.78, 5) is 2.25. The van der Waals surface area contributed by atoms with Crippen molar-refractivity contribution in [2.75, 3.05) is 38.7 Å². The number of hydrogen-bond donors (Lipinski definition) is 1. The number of thioether (sulfide) groups is 1. The van der Waals surface area contributed by atoms with Crippen molar-refractivity contribution in [3.63, 3.8) is 0 Å². The van der Waals surface area contributed by atoms with Crippen molar-refractivity contribution in [2.45, 2.75) is 32.7 Å². The molecule has 15 heavy (non-hydrogen) atoms. The SMILES string of the molecule is CN(C)CCCNC1CSCCC1(C)C. The summed E-state index contributed by atoms with van der Waals surface area (Å²) in [6.07, 6.45) is 2.60. The Bertz CT molecular complexity index is 180. The number of hydrogen-bond acceptors (Lipinski definition) is 3. The topological polar surface area (TPSA) is 15.3 Å². The lowest BCUT2D eigenvalue weighted by molar-refractivity contribution is 0.243. The normalized spacial score (nSPS) is 25.8. The van der Waals surface area contributed by atoms with Gasteiger partial charge in [0.1, 0.15) is 0 Å². The van der Waals surface area contributed by atoms with Crippen molar-refractivity contribution in [3.8, 4) is 0 Å². The van der Waals surface area contributed by atoms with Crippen LogP contribution >= 0.6 is 11.8 Å². The summed E-state index contributed by atoms with van der Waals surface area (Å²) in [5.74, 6) is 2.62. The Labute approximate surface area is 99.2 Å².